The maximum absolute atomic E-state index is 13.3. The first-order valence-electron chi connectivity index (χ1n) is 11.1. The molecule has 32 heavy (non-hydrogen) atoms. The van der Waals surface area contributed by atoms with Gasteiger partial charge in [0.1, 0.15) is 12.9 Å². The fraction of sp³-hybridized carbons (Fsp3) is 0.864. The van der Waals surface area contributed by atoms with Crippen molar-refractivity contribution in [3.05, 3.63) is 0 Å². The van der Waals surface area contributed by atoms with E-state index in [9.17, 15) is 19.5 Å². The summed E-state index contributed by atoms with van der Waals surface area (Å²) in [7, 11) is 1.45. The van der Waals surface area contributed by atoms with E-state index < -0.39 is 70.5 Å². The predicted octanol–water partition coefficient (Wildman–Crippen LogP) is 0.493. The van der Waals surface area contributed by atoms with Gasteiger partial charge >= 0.3 is 17.9 Å². The third-order valence-electron chi connectivity index (χ3n) is 9.26. The average Bonchev–Trinajstić information content (AvgIpc) is 3.40. The molecule has 4 saturated heterocycles. The van der Waals surface area contributed by atoms with E-state index in [1.165, 1.54) is 7.11 Å². The van der Waals surface area contributed by atoms with Crippen molar-refractivity contribution in [1.82, 2.24) is 0 Å². The lowest BCUT2D eigenvalue weighted by molar-refractivity contribution is -0.324. The van der Waals surface area contributed by atoms with Crippen LogP contribution in [0.2, 0.25) is 0 Å². The summed E-state index contributed by atoms with van der Waals surface area (Å²) in [5.41, 5.74) is -4.58. The van der Waals surface area contributed by atoms with Crippen LogP contribution >= 0.6 is 0 Å². The Balaban J connectivity index is 1.64. The number of hydrogen-bond donors (Lipinski definition) is 1. The summed E-state index contributed by atoms with van der Waals surface area (Å²) in [5, 5.41) is 12.0. The highest BCUT2D eigenvalue weighted by molar-refractivity contribution is 5.86. The van der Waals surface area contributed by atoms with Crippen molar-refractivity contribution in [3.8, 4) is 0 Å². The predicted molar refractivity (Wildman–Crippen MR) is 101 cm³/mol. The minimum Gasteiger partial charge on any atom is -0.459 e. The molecule has 6 rings (SSSR count). The lowest BCUT2D eigenvalue weighted by Gasteiger charge is -2.47. The molecule has 10 nitrogen and oxygen atoms in total. The summed E-state index contributed by atoms with van der Waals surface area (Å²) >= 11 is 0. The number of carbonyl (C=O) groups excluding carboxylic acids is 3. The molecule has 0 amide bonds. The molecule has 0 bridgehead atoms. The third-order valence-corrected chi connectivity index (χ3v) is 9.26. The Bertz CT molecular complexity index is 941. The number of fused-ring (bicyclic) bond motifs is 1. The topological polar surface area (TPSA) is 127 Å². The first-order chi connectivity index (χ1) is 14.9. The van der Waals surface area contributed by atoms with Crippen molar-refractivity contribution >= 4 is 17.9 Å². The van der Waals surface area contributed by atoms with E-state index in [-0.39, 0.29) is 24.5 Å². The fourth-order valence-electron chi connectivity index (χ4n) is 8.31. The molecule has 1 N–H and O–H groups in total. The van der Waals surface area contributed by atoms with E-state index >= 15 is 0 Å². The Kier molecular flexibility index (Phi) is 3.68. The maximum Gasteiger partial charge on any atom is 0.338 e. The quantitative estimate of drug-likeness (QED) is 0.367. The second-order valence-electron chi connectivity index (χ2n) is 11.2. The second kappa shape index (κ2) is 5.65. The van der Waals surface area contributed by atoms with Gasteiger partial charge in [-0.15, -0.1) is 0 Å². The molecule has 4 aliphatic heterocycles. The summed E-state index contributed by atoms with van der Waals surface area (Å²) in [5.74, 6) is -5.46. The third kappa shape index (κ3) is 1.73. The largest absolute Gasteiger partial charge is 0.459 e. The van der Waals surface area contributed by atoms with Crippen molar-refractivity contribution in [1.29, 1.82) is 0 Å². The molecule has 6 fully saturated rings. The molecule has 10 heteroatoms. The van der Waals surface area contributed by atoms with Crippen LogP contribution in [0.25, 0.3) is 0 Å². The first-order valence-corrected chi connectivity index (χ1v) is 11.1. The van der Waals surface area contributed by atoms with Crippen LogP contribution in [0.5, 0.6) is 0 Å². The lowest BCUT2D eigenvalue weighted by Crippen LogP contribution is -2.64. The van der Waals surface area contributed by atoms with Crippen LogP contribution in [0.15, 0.2) is 0 Å². The number of rotatable bonds is 3. The summed E-state index contributed by atoms with van der Waals surface area (Å²) in [6.45, 7) is 7.50. The molecule has 2 saturated carbocycles. The Morgan fingerprint density at radius 3 is 2.50 bits per heavy atom. The van der Waals surface area contributed by atoms with Gasteiger partial charge in [-0.05, 0) is 24.7 Å². The first kappa shape index (κ1) is 20.8. The Labute approximate surface area is 184 Å². The lowest BCUT2D eigenvalue weighted by atomic mass is 9.53. The van der Waals surface area contributed by atoms with Gasteiger partial charge in [-0.2, -0.15) is 0 Å². The average molecular weight is 452 g/mol. The molecule has 2 aliphatic carbocycles. The molecule has 0 aromatic rings. The minimum absolute atomic E-state index is 0.114. The zero-order valence-corrected chi connectivity index (χ0v) is 18.7. The van der Waals surface area contributed by atoms with Crippen molar-refractivity contribution in [2.75, 3.05) is 13.9 Å². The van der Waals surface area contributed by atoms with E-state index in [0.717, 1.165) is 0 Å². The SMILES string of the molecule is COCO[C@H]1C(=O)O[C@H]2O[C@@]34OC(=O)[C@@H]5C[C@@H](C(C)(C)C)[C@@]21[C@]53C[C@@H]1OC(=O)[C@@H](C)[C@@]14O. The number of aliphatic hydroxyl groups is 1. The highest BCUT2D eigenvalue weighted by Gasteiger charge is 3.01. The van der Waals surface area contributed by atoms with Crippen molar-refractivity contribution in [2.24, 2.45) is 34.0 Å². The molecule has 0 radical (unpaired) electrons. The van der Waals surface area contributed by atoms with Gasteiger partial charge in [-0.1, -0.05) is 20.8 Å². The number of ether oxygens (including phenoxy) is 6. The van der Waals surface area contributed by atoms with Crippen LogP contribution < -0.4 is 0 Å². The zero-order chi connectivity index (χ0) is 23.1. The van der Waals surface area contributed by atoms with Crippen LogP contribution in [0.3, 0.4) is 0 Å². The standard InChI is InChI=1S/C22H28O10/c1-9-14(23)29-12-7-19-10-6-11(18(2,3)4)20(19)13(28-8-27-5)16(25)30-17(20)32-22(19,21(9,12)26)31-15(10)24/h9-13,17,26H,6-8H2,1-5H3/t9-,10+,11+,12+,13+,17+,19+,20+,21-,22+/m1/s1. The van der Waals surface area contributed by atoms with Crippen molar-refractivity contribution in [3.63, 3.8) is 0 Å². The molecule has 176 valence electrons. The van der Waals surface area contributed by atoms with Crippen molar-refractivity contribution < 1.29 is 47.9 Å². The van der Waals surface area contributed by atoms with Crippen molar-refractivity contribution in [2.45, 2.75) is 70.4 Å². The molecule has 0 aromatic heterocycles. The van der Waals surface area contributed by atoms with Crippen LogP contribution in [-0.2, 0) is 42.8 Å². The van der Waals surface area contributed by atoms with Gasteiger partial charge < -0.3 is 28.8 Å². The van der Waals surface area contributed by atoms with Crippen LogP contribution in [0.1, 0.15) is 40.5 Å². The smallest absolute Gasteiger partial charge is 0.338 e. The van der Waals surface area contributed by atoms with Crippen LogP contribution in [0, 0.1) is 34.0 Å². The van der Waals surface area contributed by atoms with Gasteiger partial charge in [0.2, 0.25) is 6.29 Å². The van der Waals surface area contributed by atoms with E-state index in [2.05, 4.69) is 0 Å². The number of carbonyl (C=O) groups is 3. The van der Waals surface area contributed by atoms with Gasteiger partial charge in [0.05, 0.1) is 22.7 Å². The number of methoxy groups -OCH3 is 1. The van der Waals surface area contributed by atoms with Crippen LogP contribution in [-0.4, -0.2) is 66.8 Å². The van der Waals surface area contributed by atoms with E-state index in [4.69, 9.17) is 28.4 Å². The number of hydrogen-bond acceptors (Lipinski definition) is 10. The normalized spacial score (nSPS) is 54.8. The Hall–Kier alpha value is -1.75. The minimum atomic E-state index is -1.91. The second-order valence-corrected chi connectivity index (χ2v) is 11.2. The number of esters is 3. The summed E-state index contributed by atoms with van der Waals surface area (Å²) in [4.78, 5) is 38.8. The molecular formula is C22H28O10. The highest BCUT2D eigenvalue weighted by Crippen LogP contribution is 2.86. The zero-order valence-electron chi connectivity index (χ0n) is 18.7. The fourth-order valence-corrected chi connectivity index (χ4v) is 8.31. The molecule has 10 atom stereocenters. The molecule has 4 heterocycles. The van der Waals surface area contributed by atoms with Crippen LogP contribution in [0.4, 0.5) is 0 Å². The molecular weight excluding hydrogens is 424 g/mol. The molecule has 0 aromatic carbocycles. The molecule has 2 spiro atoms. The van der Waals surface area contributed by atoms with Gasteiger partial charge in [-0.25, -0.2) is 4.79 Å². The summed E-state index contributed by atoms with van der Waals surface area (Å²) in [6, 6.07) is 0. The molecule has 6 aliphatic rings. The Morgan fingerprint density at radius 2 is 1.84 bits per heavy atom. The van der Waals surface area contributed by atoms with Gasteiger partial charge in [-0.3, -0.25) is 14.3 Å². The van der Waals surface area contributed by atoms with Gasteiger partial charge in [0.15, 0.2) is 11.7 Å². The van der Waals surface area contributed by atoms with E-state index in [1.54, 1.807) is 6.92 Å². The van der Waals surface area contributed by atoms with E-state index in [0.29, 0.717) is 6.42 Å². The van der Waals surface area contributed by atoms with Gasteiger partial charge in [0, 0.05) is 13.5 Å². The Morgan fingerprint density at radius 1 is 1.12 bits per heavy atom. The van der Waals surface area contributed by atoms with Gasteiger partial charge in [0.25, 0.3) is 5.79 Å². The monoisotopic (exact) mass is 452 g/mol. The van der Waals surface area contributed by atoms with E-state index in [1.807, 2.05) is 20.8 Å². The maximum atomic E-state index is 13.3. The molecule has 0 unspecified atom stereocenters. The summed E-state index contributed by atoms with van der Waals surface area (Å²) < 4.78 is 34.6. The highest BCUT2D eigenvalue weighted by atomic mass is 16.8. The summed E-state index contributed by atoms with van der Waals surface area (Å²) in [6.07, 6.45) is -2.60.